The highest BCUT2D eigenvalue weighted by atomic mass is 35.5. The first kappa shape index (κ1) is 12.3. The molecular weight excluding hydrogens is 259 g/mol. The van der Waals surface area contributed by atoms with E-state index < -0.39 is 0 Å². The second-order valence-corrected chi connectivity index (χ2v) is 4.47. The largest absolute Gasteiger partial charge is 0.225 e. The van der Waals surface area contributed by atoms with Gasteiger partial charge in [-0.25, -0.2) is 9.67 Å². The van der Waals surface area contributed by atoms with Crippen LogP contribution in [0.4, 0.5) is 0 Å². The Labute approximate surface area is 110 Å². The van der Waals surface area contributed by atoms with E-state index in [1.807, 2.05) is 13.8 Å². The number of halogens is 2. The topological polar surface area (TPSA) is 43.6 Å². The molecule has 0 aliphatic rings. The third-order valence-electron chi connectivity index (χ3n) is 2.69. The first-order chi connectivity index (χ1) is 8.04. The lowest BCUT2D eigenvalue weighted by Crippen LogP contribution is -2.04. The van der Waals surface area contributed by atoms with Crippen LogP contribution in [0.1, 0.15) is 23.9 Å². The van der Waals surface area contributed by atoms with Crippen molar-refractivity contribution in [2.24, 2.45) is 0 Å². The van der Waals surface area contributed by atoms with Crippen LogP contribution in [-0.2, 0) is 6.42 Å². The van der Waals surface area contributed by atoms with Gasteiger partial charge in [0, 0.05) is 5.69 Å². The van der Waals surface area contributed by atoms with Crippen molar-refractivity contribution in [1.29, 1.82) is 0 Å². The molecule has 0 spiro atoms. The van der Waals surface area contributed by atoms with Gasteiger partial charge in [-0.15, -0.1) is 0 Å². The quantitative estimate of drug-likeness (QED) is 0.788. The summed E-state index contributed by atoms with van der Waals surface area (Å²) in [4.78, 5) is 7.94. The van der Waals surface area contributed by atoms with Gasteiger partial charge in [0.05, 0.1) is 11.9 Å². The number of nitrogens with zero attached hydrogens (tertiary/aromatic N) is 4. The van der Waals surface area contributed by atoms with Gasteiger partial charge in [-0.1, -0.05) is 18.5 Å². The van der Waals surface area contributed by atoms with Crippen LogP contribution in [0.15, 0.2) is 6.20 Å². The van der Waals surface area contributed by atoms with Crippen molar-refractivity contribution in [3.8, 4) is 5.82 Å². The molecule has 2 aromatic rings. The first-order valence-corrected chi connectivity index (χ1v) is 6.03. The van der Waals surface area contributed by atoms with E-state index in [1.54, 1.807) is 4.68 Å². The summed E-state index contributed by atoms with van der Waals surface area (Å²) in [6.07, 6.45) is 2.41. The van der Waals surface area contributed by atoms with Gasteiger partial charge in [0.25, 0.3) is 0 Å². The Bertz CT molecular complexity index is 563. The zero-order valence-electron chi connectivity index (χ0n) is 9.83. The second-order valence-electron chi connectivity index (χ2n) is 3.73. The molecule has 0 aliphatic heterocycles. The number of hydrogen-bond acceptors (Lipinski definition) is 3. The van der Waals surface area contributed by atoms with E-state index in [2.05, 4.69) is 22.0 Å². The van der Waals surface area contributed by atoms with Gasteiger partial charge >= 0.3 is 0 Å². The Morgan fingerprint density at radius 3 is 2.59 bits per heavy atom. The zero-order chi connectivity index (χ0) is 12.6. The van der Waals surface area contributed by atoms with Crippen LogP contribution < -0.4 is 0 Å². The molecule has 0 aliphatic carbocycles. The zero-order valence-corrected chi connectivity index (χ0v) is 11.3. The molecule has 2 rings (SSSR count). The van der Waals surface area contributed by atoms with Gasteiger partial charge in [0.2, 0.25) is 5.28 Å². The summed E-state index contributed by atoms with van der Waals surface area (Å²) in [7, 11) is 0. The van der Waals surface area contributed by atoms with Crippen molar-refractivity contribution in [3.63, 3.8) is 0 Å². The van der Waals surface area contributed by atoms with Gasteiger partial charge in [-0.05, 0) is 37.4 Å². The first-order valence-electron chi connectivity index (χ1n) is 5.28. The molecule has 0 fully saturated rings. The predicted octanol–water partition coefficient (Wildman–Crippen LogP) is 3.15. The lowest BCUT2D eigenvalue weighted by Gasteiger charge is -2.05. The number of aryl methyl sites for hydroxylation is 1. The third kappa shape index (κ3) is 2.15. The normalized spacial score (nSPS) is 10.9. The summed E-state index contributed by atoms with van der Waals surface area (Å²) < 4.78 is 1.71. The van der Waals surface area contributed by atoms with E-state index >= 15 is 0 Å². The Morgan fingerprint density at radius 1 is 1.29 bits per heavy atom. The van der Waals surface area contributed by atoms with Crippen LogP contribution in [0.25, 0.3) is 5.82 Å². The monoisotopic (exact) mass is 270 g/mol. The summed E-state index contributed by atoms with van der Waals surface area (Å²) in [5, 5.41) is 5.03. The van der Waals surface area contributed by atoms with Crippen molar-refractivity contribution < 1.29 is 0 Å². The lowest BCUT2D eigenvalue weighted by molar-refractivity contribution is 0.800. The molecule has 0 unspecified atom stereocenters. The van der Waals surface area contributed by atoms with Gasteiger partial charge in [0.15, 0.2) is 5.82 Å². The maximum atomic E-state index is 6.06. The minimum atomic E-state index is 0.162. The van der Waals surface area contributed by atoms with E-state index in [4.69, 9.17) is 23.2 Å². The summed E-state index contributed by atoms with van der Waals surface area (Å²) >= 11 is 11.8. The molecule has 0 aromatic carbocycles. The van der Waals surface area contributed by atoms with Gasteiger partial charge < -0.3 is 0 Å². The highest BCUT2D eigenvalue weighted by Crippen LogP contribution is 2.23. The minimum Gasteiger partial charge on any atom is -0.225 e. The van der Waals surface area contributed by atoms with Crippen molar-refractivity contribution in [2.75, 3.05) is 0 Å². The predicted molar refractivity (Wildman–Crippen MR) is 68.0 cm³/mol. The van der Waals surface area contributed by atoms with Gasteiger partial charge in [0.1, 0.15) is 5.02 Å². The van der Waals surface area contributed by atoms with Crippen molar-refractivity contribution in [3.05, 3.63) is 33.5 Å². The average Bonchev–Trinajstić information content (AvgIpc) is 2.57. The van der Waals surface area contributed by atoms with Crippen molar-refractivity contribution in [1.82, 2.24) is 19.7 Å². The van der Waals surface area contributed by atoms with E-state index in [-0.39, 0.29) is 5.28 Å². The Hall–Kier alpha value is -1.13. The van der Waals surface area contributed by atoms with Crippen LogP contribution in [0, 0.1) is 13.8 Å². The number of hydrogen-bond donors (Lipinski definition) is 0. The number of aromatic nitrogens is 4. The Balaban J connectivity index is 2.64. The van der Waals surface area contributed by atoms with Gasteiger partial charge in [-0.2, -0.15) is 10.1 Å². The van der Waals surface area contributed by atoms with E-state index in [0.29, 0.717) is 10.8 Å². The third-order valence-corrected chi connectivity index (χ3v) is 3.14. The molecule has 4 nitrogen and oxygen atoms in total. The van der Waals surface area contributed by atoms with Crippen molar-refractivity contribution >= 4 is 23.2 Å². The summed E-state index contributed by atoms with van der Waals surface area (Å²) in [6, 6.07) is 0. The Kier molecular flexibility index (Phi) is 3.35. The van der Waals surface area contributed by atoms with E-state index in [0.717, 1.165) is 17.8 Å². The SMILES string of the molecule is CCc1c(C)nn(-c2nc(Cl)ncc2Cl)c1C. The highest BCUT2D eigenvalue weighted by Gasteiger charge is 2.15. The second kappa shape index (κ2) is 4.63. The maximum Gasteiger partial charge on any atom is 0.224 e. The molecule has 0 radical (unpaired) electrons. The molecule has 0 bridgehead atoms. The fourth-order valence-electron chi connectivity index (χ4n) is 1.88. The number of rotatable bonds is 2. The van der Waals surface area contributed by atoms with Gasteiger partial charge in [-0.3, -0.25) is 0 Å². The molecule has 0 atom stereocenters. The maximum absolute atomic E-state index is 6.06. The standard InChI is InChI=1S/C11H12Cl2N4/c1-4-8-6(2)16-17(7(8)3)10-9(12)5-14-11(13)15-10/h5H,4H2,1-3H3. The van der Waals surface area contributed by atoms with Crippen LogP contribution in [-0.4, -0.2) is 19.7 Å². The fraction of sp³-hybridized carbons (Fsp3) is 0.364. The van der Waals surface area contributed by atoms with Crippen LogP contribution in [0.5, 0.6) is 0 Å². The smallest absolute Gasteiger partial charge is 0.224 e. The highest BCUT2D eigenvalue weighted by molar-refractivity contribution is 6.32. The van der Waals surface area contributed by atoms with E-state index in [1.165, 1.54) is 11.8 Å². The molecule has 0 saturated heterocycles. The molecule has 0 saturated carbocycles. The summed E-state index contributed by atoms with van der Waals surface area (Å²) in [6.45, 7) is 6.06. The average molecular weight is 271 g/mol. The summed E-state index contributed by atoms with van der Waals surface area (Å²) in [5.41, 5.74) is 3.22. The summed E-state index contributed by atoms with van der Waals surface area (Å²) in [5.74, 6) is 0.520. The fourth-order valence-corrected chi connectivity index (χ4v) is 2.18. The molecule has 90 valence electrons. The Morgan fingerprint density at radius 2 is 2.00 bits per heavy atom. The van der Waals surface area contributed by atoms with Crippen LogP contribution >= 0.6 is 23.2 Å². The lowest BCUT2D eigenvalue weighted by atomic mass is 10.1. The van der Waals surface area contributed by atoms with Crippen molar-refractivity contribution in [2.45, 2.75) is 27.2 Å². The molecule has 0 amide bonds. The molecular formula is C11H12Cl2N4. The molecule has 0 N–H and O–H groups in total. The van der Waals surface area contributed by atoms with E-state index in [9.17, 15) is 0 Å². The molecule has 2 aromatic heterocycles. The minimum absolute atomic E-state index is 0.162. The van der Waals surface area contributed by atoms with Crippen LogP contribution in [0.2, 0.25) is 10.3 Å². The molecule has 2 heterocycles. The molecule has 17 heavy (non-hydrogen) atoms. The van der Waals surface area contributed by atoms with Crippen LogP contribution in [0.3, 0.4) is 0 Å². The molecule has 6 heteroatoms.